The van der Waals surface area contributed by atoms with Crippen LogP contribution in [0.1, 0.15) is 19.8 Å². The molecule has 0 aromatic carbocycles. The van der Waals surface area contributed by atoms with E-state index in [0.29, 0.717) is 5.11 Å². The molecule has 0 bridgehead atoms. The van der Waals surface area contributed by atoms with E-state index in [9.17, 15) is 4.79 Å². The highest BCUT2D eigenvalue weighted by atomic mass is 32.1. The third-order valence-electron chi connectivity index (χ3n) is 1.59. The van der Waals surface area contributed by atoms with Gasteiger partial charge in [-0.1, -0.05) is 25.5 Å². The summed E-state index contributed by atoms with van der Waals surface area (Å²) in [5, 5.41) is 5.79. The predicted molar refractivity (Wildman–Crippen MR) is 51.7 cm³/mol. The summed E-state index contributed by atoms with van der Waals surface area (Å²) >= 11 is 4.78. The lowest BCUT2D eigenvalue weighted by Gasteiger charge is -1.98. The molecule has 0 aromatic rings. The summed E-state index contributed by atoms with van der Waals surface area (Å²) in [6.07, 6.45) is 5.93. The second-order valence-corrected chi connectivity index (χ2v) is 3.07. The lowest BCUT2D eigenvalue weighted by atomic mass is 10.2. The minimum atomic E-state index is -0.260. The zero-order valence-corrected chi connectivity index (χ0v) is 7.78. The number of carbonyl (C=O) groups is 1. The van der Waals surface area contributed by atoms with Crippen molar-refractivity contribution in [3.63, 3.8) is 0 Å². The van der Waals surface area contributed by atoms with Crippen LogP contribution in [0.25, 0.3) is 0 Å². The fourth-order valence-electron chi connectivity index (χ4n) is 0.967. The Morgan fingerprint density at radius 3 is 2.92 bits per heavy atom. The van der Waals surface area contributed by atoms with E-state index >= 15 is 0 Å². The Labute approximate surface area is 77.2 Å². The number of unbranched alkanes of at least 4 members (excludes halogenated alkanes) is 1. The van der Waals surface area contributed by atoms with Crippen molar-refractivity contribution in [3.05, 3.63) is 12.2 Å². The Hall–Kier alpha value is -0.900. The first-order valence-corrected chi connectivity index (χ1v) is 4.43. The summed E-state index contributed by atoms with van der Waals surface area (Å²) in [5.41, 5.74) is 0. The van der Waals surface area contributed by atoms with Crippen molar-refractivity contribution in [2.24, 2.45) is 0 Å². The highest BCUT2D eigenvalue weighted by Crippen LogP contribution is 1.97. The molecule has 1 saturated heterocycles. The standard InChI is InChI=1S/C8H12N2OS/c1-2-3-4-5-6-7(11)10-8(12)9-6/h4-6H,2-3H2,1H3,(H2,9,10,11,12)/b5-4-. The first-order chi connectivity index (χ1) is 5.74. The van der Waals surface area contributed by atoms with E-state index in [1.165, 1.54) is 0 Å². The van der Waals surface area contributed by atoms with Gasteiger partial charge < -0.3 is 10.6 Å². The number of hydrogen-bond donors (Lipinski definition) is 2. The van der Waals surface area contributed by atoms with Gasteiger partial charge in [0.05, 0.1) is 0 Å². The van der Waals surface area contributed by atoms with Crippen LogP contribution in [0.2, 0.25) is 0 Å². The third-order valence-corrected chi connectivity index (χ3v) is 1.81. The van der Waals surface area contributed by atoms with E-state index in [4.69, 9.17) is 12.2 Å². The molecule has 3 nitrogen and oxygen atoms in total. The van der Waals surface area contributed by atoms with Crippen molar-refractivity contribution < 1.29 is 4.79 Å². The van der Waals surface area contributed by atoms with Gasteiger partial charge in [-0.15, -0.1) is 0 Å². The molecule has 1 aliphatic heterocycles. The minimum absolute atomic E-state index is 0.0626. The van der Waals surface area contributed by atoms with Crippen LogP contribution in [0.15, 0.2) is 12.2 Å². The summed E-state index contributed by atoms with van der Waals surface area (Å²) in [5.74, 6) is -0.0626. The van der Waals surface area contributed by atoms with E-state index in [1.807, 2.05) is 12.2 Å². The Morgan fingerprint density at radius 1 is 1.67 bits per heavy atom. The Kier molecular flexibility index (Phi) is 3.22. The smallest absolute Gasteiger partial charge is 0.252 e. The number of carbonyl (C=O) groups excluding carboxylic acids is 1. The molecule has 0 radical (unpaired) electrons. The lowest BCUT2D eigenvalue weighted by molar-refractivity contribution is -0.119. The summed E-state index contributed by atoms with van der Waals surface area (Å²) < 4.78 is 0. The van der Waals surface area contributed by atoms with E-state index in [1.54, 1.807) is 0 Å². The summed E-state index contributed by atoms with van der Waals surface area (Å²) in [6.45, 7) is 2.09. The van der Waals surface area contributed by atoms with Crippen LogP contribution in [-0.4, -0.2) is 17.1 Å². The third kappa shape index (κ3) is 2.30. The molecule has 1 fully saturated rings. The molecule has 12 heavy (non-hydrogen) atoms. The molecule has 1 unspecified atom stereocenters. The summed E-state index contributed by atoms with van der Waals surface area (Å²) in [4.78, 5) is 11.1. The van der Waals surface area contributed by atoms with Crippen LogP contribution in [0.4, 0.5) is 0 Å². The van der Waals surface area contributed by atoms with Crippen LogP contribution in [0.5, 0.6) is 0 Å². The van der Waals surface area contributed by atoms with Gasteiger partial charge in [0.15, 0.2) is 5.11 Å². The maximum Gasteiger partial charge on any atom is 0.252 e. The topological polar surface area (TPSA) is 41.1 Å². The molecule has 66 valence electrons. The first-order valence-electron chi connectivity index (χ1n) is 4.02. The van der Waals surface area contributed by atoms with Gasteiger partial charge in [0.2, 0.25) is 0 Å². The van der Waals surface area contributed by atoms with Gasteiger partial charge in [-0.05, 0) is 18.6 Å². The molecule has 1 rings (SSSR count). The molecule has 4 heteroatoms. The minimum Gasteiger partial charge on any atom is -0.347 e. The van der Waals surface area contributed by atoms with Crippen molar-refractivity contribution in [2.45, 2.75) is 25.8 Å². The molecular weight excluding hydrogens is 172 g/mol. The Morgan fingerprint density at radius 2 is 2.42 bits per heavy atom. The molecule has 1 amide bonds. The highest BCUT2D eigenvalue weighted by Gasteiger charge is 2.23. The fraction of sp³-hybridized carbons (Fsp3) is 0.500. The maximum absolute atomic E-state index is 11.1. The van der Waals surface area contributed by atoms with Gasteiger partial charge in [0.25, 0.3) is 5.91 Å². The maximum atomic E-state index is 11.1. The largest absolute Gasteiger partial charge is 0.347 e. The molecular formula is C8H12N2OS. The number of amides is 1. The number of nitrogens with one attached hydrogen (secondary N) is 2. The van der Waals surface area contributed by atoms with Gasteiger partial charge in [-0.2, -0.15) is 0 Å². The van der Waals surface area contributed by atoms with Crippen LogP contribution in [0.3, 0.4) is 0 Å². The van der Waals surface area contributed by atoms with Crippen molar-refractivity contribution in [2.75, 3.05) is 0 Å². The van der Waals surface area contributed by atoms with Crippen LogP contribution >= 0.6 is 12.2 Å². The number of allylic oxidation sites excluding steroid dienone is 1. The lowest BCUT2D eigenvalue weighted by Crippen LogP contribution is -2.25. The van der Waals surface area contributed by atoms with Crippen molar-refractivity contribution in [1.82, 2.24) is 10.6 Å². The summed E-state index contributed by atoms with van der Waals surface area (Å²) in [6, 6.07) is -0.260. The van der Waals surface area contributed by atoms with Crippen LogP contribution in [-0.2, 0) is 4.79 Å². The monoisotopic (exact) mass is 184 g/mol. The molecule has 0 spiro atoms. The molecule has 1 heterocycles. The van der Waals surface area contributed by atoms with Crippen molar-refractivity contribution in [1.29, 1.82) is 0 Å². The van der Waals surface area contributed by atoms with Gasteiger partial charge in [0, 0.05) is 0 Å². The molecule has 0 aliphatic carbocycles. The average Bonchev–Trinajstić information content (AvgIpc) is 2.31. The Balaban J connectivity index is 2.42. The first kappa shape index (κ1) is 9.19. The molecule has 1 aliphatic rings. The predicted octanol–water partition coefficient (Wildman–Crippen LogP) is 0.716. The normalized spacial score (nSPS) is 22.9. The zero-order valence-electron chi connectivity index (χ0n) is 6.96. The SMILES string of the molecule is CCC/C=C\C1NC(=S)NC1=O. The highest BCUT2D eigenvalue weighted by molar-refractivity contribution is 7.80. The quantitative estimate of drug-likeness (QED) is 0.501. The molecule has 2 N–H and O–H groups in total. The molecule has 1 atom stereocenters. The van der Waals surface area contributed by atoms with Gasteiger partial charge >= 0.3 is 0 Å². The number of hydrogen-bond acceptors (Lipinski definition) is 2. The van der Waals surface area contributed by atoms with Crippen LogP contribution in [0, 0.1) is 0 Å². The van der Waals surface area contributed by atoms with Crippen molar-refractivity contribution >= 4 is 23.2 Å². The van der Waals surface area contributed by atoms with Crippen molar-refractivity contribution in [3.8, 4) is 0 Å². The Bertz CT molecular complexity index is 225. The van der Waals surface area contributed by atoms with Crippen LogP contribution < -0.4 is 10.6 Å². The number of rotatable bonds is 3. The van der Waals surface area contributed by atoms with E-state index in [2.05, 4.69) is 17.6 Å². The van der Waals surface area contributed by atoms with Gasteiger partial charge in [-0.25, -0.2) is 0 Å². The van der Waals surface area contributed by atoms with E-state index in [0.717, 1.165) is 12.8 Å². The average molecular weight is 184 g/mol. The molecule has 0 saturated carbocycles. The van der Waals surface area contributed by atoms with E-state index in [-0.39, 0.29) is 11.9 Å². The van der Waals surface area contributed by atoms with E-state index < -0.39 is 0 Å². The second-order valence-electron chi connectivity index (χ2n) is 2.66. The second kappa shape index (κ2) is 4.21. The van der Waals surface area contributed by atoms with Gasteiger partial charge in [-0.3, -0.25) is 4.79 Å². The molecule has 0 aromatic heterocycles. The fourth-order valence-corrected chi connectivity index (χ4v) is 1.19. The summed E-state index contributed by atoms with van der Waals surface area (Å²) in [7, 11) is 0. The number of thiocarbonyl (C=S) groups is 1. The van der Waals surface area contributed by atoms with Gasteiger partial charge in [0.1, 0.15) is 6.04 Å². The zero-order chi connectivity index (χ0) is 8.97.